The minimum Gasteiger partial charge on any atom is -0.490 e. The monoisotopic (exact) mass is 479 g/mol. The van der Waals surface area contributed by atoms with E-state index in [1.165, 1.54) is 18.2 Å². The van der Waals surface area contributed by atoms with Gasteiger partial charge in [-0.2, -0.15) is 5.10 Å². The number of nitrogens with one attached hydrogen (secondary N) is 3. The molecular weight excluding hydrogens is 450 g/mol. The maximum absolute atomic E-state index is 12.0. The van der Waals surface area contributed by atoms with E-state index in [1.807, 2.05) is 37.3 Å². The summed E-state index contributed by atoms with van der Waals surface area (Å²) >= 11 is 1.48. The fourth-order valence-electron chi connectivity index (χ4n) is 3.96. The number of aromatic amines is 1. The van der Waals surface area contributed by atoms with Crippen molar-refractivity contribution in [1.29, 1.82) is 0 Å². The highest BCUT2D eigenvalue weighted by Crippen LogP contribution is 2.39. The molecule has 2 aliphatic rings. The number of hydrogen-bond acceptors (Lipinski definition) is 8. The number of H-pyrrole nitrogens is 1. The third-order valence-corrected chi connectivity index (χ3v) is 6.79. The number of amides is 1. The van der Waals surface area contributed by atoms with Crippen LogP contribution >= 0.6 is 11.8 Å². The average Bonchev–Trinajstić information content (AvgIpc) is 3.63. The van der Waals surface area contributed by atoms with Crippen molar-refractivity contribution in [2.24, 2.45) is 5.92 Å². The molecule has 178 valence electrons. The number of piperidine rings is 1. The largest absolute Gasteiger partial charge is 0.490 e. The van der Waals surface area contributed by atoms with Gasteiger partial charge in [-0.25, -0.2) is 9.97 Å². The molecule has 1 amide bonds. The summed E-state index contributed by atoms with van der Waals surface area (Å²) in [5.74, 6) is 2.95. The minimum absolute atomic E-state index is 0.106. The van der Waals surface area contributed by atoms with E-state index < -0.39 is 0 Å². The third kappa shape index (κ3) is 5.27. The summed E-state index contributed by atoms with van der Waals surface area (Å²) in [6.07, 6.45) is 5.47. The predicted octanol–water partition coefficient (Wildman–Crippen LogP) is 4.75. The lowest BCUT2D eigenvalue weighted by atomic mass is 10.1. The molecular formula is C24H29N7O2S. The molecule has 3 heterocycles. The zero-order chi connectivity index (χ0) is 23.5. The SMILES string of the molecule is COc1c(Nc2cc(C)[nH]n2)nc(Sc2ccc(NC(=O)C3CC3)cc2)nc1N1CCCCC1. The number of ether oxygens (including phenoxy) is 1. The number of hydrogen-bond donors (Lipinski definition) is 3. The Morgan fingerprint density at radius 2 is 1.91 bits per heavy atom. The first kappa shape index (κ1) is 22.5. The van der Waals surface area contributed by atoms with Crippen LogP contribution in [0.3, 0.4) is 0 Å². The molecule has 3 N–H and O–H groups in total. The molecule has 1 saturated carbocycles. The molecule has 5 rings (SSSR count). The second kappa shape index (κ2) is 9.92. The number of rotatable bonds is 8. The highest BCUT2D eigenvalue weighted by Gasteiger charge is 2.29. The van der Waals surface area contributed by atoms with Gasteiger partial charge in [-0.1, -0.05) is 0 Å². The second-order valence-electron chi connectivity index (χ2n) is 8.71. The van der Waals surface area contributed by atoms with Crippen LogP contribution in [0.1, 0.15) is 37.8 Å². The van der Waals surface area contributed by atoms with Gasteiger partial charge in [0.05, 0.1) is 7.11 Å². The van der Waals surface area contributed by atoms with Gasteiger partial charge in [-0.15, -0.1) is 0 Å². The molecule has 2 fully saturated rings. The Kier molecular flexibility index (Phi) is 6.57. The summed E-state index contributed by atoms with van der Waals surface area (Å²) in [5, 5.41) is 14.1. The van der Waals surface area contributed by atoms with Crippen molar-refractivity contribution in [2.45, 2.75) is 49.1 Å². The van der Waals surface area contributed by atoms with Crippen molar-refractivity contribution in [2.75, 3.05) is 35.7 Å². The molecule has 1 saturated heterocycles. The normalized spacial score (nSPS) is 15.8. The van der Waals surface area contributed by atoms with Gasteiger partial charge in [0.25, 0.3) is 0 Å². The minimum atomic E-state index is 0.106. The van der Waals surface area contributed by atoms with Gasteiger partial charge in [-0.05, 0) is 75.1 Å². The Morgan fingerprint density at radius 3 is 2.56 bits per heavy atom. The average molecular weight is 480 g/mol. The summed E-state index contributed by atoms with van der Waals surface area (Å²) in [6.45, 7) is 3.83. The molecule has 1 aromatic carbocycles. The van der Waals surface area contributed by atoms with Crippen molar-refractivity contribution in [3.05, 3.63) is 36.0 Å². The lowest BCUT2D eigenvalue weighted by Gasteiger charge is -2.29. The van der Waals surface area contributed by atoms with Crippen molar-refractivity contribution < 1.29 is 9.53 Å². The van der Waals surface area contributed by atoms with Gasteiger partial charge in [-0.3, -0.25) is 9.89 Å². The molecule has 2 aromatic heterocycles. The van der Waals surface area contributed by atoms with Crippen LogP contribution in [0.4, 0.5) is 23.1 Å². The first-order valence-corrected chi connectivity index (χ1v) is 12.5. The van der Waals surface area contributed by atoms with Crippen molar-refractivity contribution in [3.8, 4) is 5.75 Å². The first-order chi connectivity index (χ1) is 16.6. The summed E-state index contributed by atoms with van der Waals surface area (Å²) in [4.78, 5) is 24.9. The molecule has 3 aromatic rings. The number of carbonyl (C=O) groups is 1. The van der Waals surface area contributed by atoms with E-state index in [4.69, 9.17) is 14.7 Å². The van der Waals surface area contributed by atoms with Gasteiger partial charge >= 0.3 is 0 Å². The zero-order valence-electron chi connectivity index (χ0n) is 19.4. The van der Waals surface area contributed by atoms with Crippen LogP contribution in [0, 0.1) is 12.8 Å². The molecule has 1 aliphatic carbocycles. The summed E-state index contributed by atoms with van der Waals surface area (Å²) in [6, 6.07) is 9.72. The van der Waals surface area contributed by atoms with Crippen LogP contribution in [0.2, 0.25) is 0 Å². The van der Waals surface area contributed by atoms with Gasteiger partial charge in [0.1, 0.15) is 0 Å². The van der Waals surface area contributed by atoms with E-state index >= 15 is 0 Å². The van der Waals surface area contributed by atoms with Crippen molar-refractivity contribution in [3.63, 3.8) is 0 Å². The second-order valence-corrected chi connectivity index (χ2v) is 9.75. The molecule has 0 spiro atoms. The number of aromatic nitrogens is 4. The maximum atomic E-state index is 12.0. The molecule has 0 bridgehead atoms. The highest BCUT2D eigenvalue weighted by molar-refractivity contribution is 7.99. The van der Waals surface area contributed by atoms with Crippen LogP contribution in [0.25, 0.3) is 0 Å². The lowest BCUT2D eigenvalue weighted by molar-refractivity contribution is -0.117. The Hall–Kier alpha value is -3.27. The van der Waals surface area contributed by atoms with Crippen molar-refractivity contribution in [1.82, 2.24) is 20.2 Å². The molecule has 10 heteroatoms. The molecule has 9 nitrogen and oxygen atoms in total. The molecule has 0 atom stereocenters. The quantitative estimate of drug-likeness (QED) is 0.397. The summed E-state index contributed by atoms with van der Waals surface area (Å²) < 4.78 is 5.77. The van der Waals surface area contributed by atoms with Crippen LogP contribution in [0.5, 0.6) is 5.75 Å². The highest BCUT2D eigenvalue weighted by atomic mass is 32.2. The fourth-order valence-corrected chi connectivity index (χ4v) is 4.71. The number of nitrogens with zero attached hydrogens (tertiary/aromatic N) is 4. The summed E-state index contributed by atoms with van der Waals surface area (Å²) in [5.41, 5.74) is 1.76. The van der Waals surface area contributed by atoms with E-state index in [0.29, 0.717) is 22.5 Å². The Bertz CT molecular complexity index is 1150. The van der Waals surface area contributed by atoms with Gasteiger partial charge < -0.3 is 20.3 Å². The third-order valence-electron chi connectivity index (χ3n) is 5.92. The van der Waals surface area contributed by atoms with E-state index in [1.54, 1.807) is 7.11 Å². The van der Waals surface area contributed by atoms with Crippen LogP contribution in [-0.2, 0) is 4.79 Å². The number of benzene rings is 1. The van der Waals surface area contributed by atoms with Gasteiger partial charge in [0, 0.05) is 41.4 Å². The van der Waals surface area contributed by atoms with E-state index in [9.17, 15) is 4.79 Å². The van der Waals surface area contributed by atoms with E-state index in [0.717, 1.165) is 60.9 Å². The van der Waals surface area contributed by atoms with Crippen LogP contribution in [-0.4, -0.2) is 46.3 Å². The zero-order valence-corrected chi connectivity index (χ0v) is 20.2. The maximum Gasteiger partial charge on any atom is 0.227 e. The molecule has 0 unspecified atom stereocenters. The molecule has 0 radical (unpaired) electrons. The van der Waals surface area contributed by atoms with Crippen LogP contribution < -0.4 is 20.3 Å². The Labute approximate surface area is 203 Å². The number of aryl methyl sites for hydroxylation is 1. The first-order valence-electron chi connectivity index (χ1n) is 11.7. The Balaban J connectivity index is 1.42. The number of carbonyl (C=O) groups excluding carboxylic acids is 1. The summed E-state index contributed by atoms with van der Waals surface area (Å²) in [7, 11) is 1.65. The predicted molar refractivity (Wildman–Crippen MR) is 133 cm³/mol. The Morgan fingerprint density at radius 1 is 1.15 bits per heavy atom. The topological polar surface area (TPSA) is 108 Å². The number of methoxy groups -OCH3 is 1. The standard InChI is InChI=1S/C24H29N7O2S/c1-15-14-19(30-29-15)26-21-20(33-2)22(31-12-4-3-5-13-31)28-24(27-21)34-18-10-8-17(9-11-18)25-23(32)16-6-7-16/h8-11,14,16H,3-7,12-13H2,1-2H3,(H,25,32)(H2,26,27,28,29,30). The smallest absolute Gasteiger partial charge is 0.227 e. The van der Waals surface area contributed by atoms with Gasteiger partial charge in [0.15, 0.2) is 22.6 Å². The molecule has 34 heavy (non-hydrogen) atoms. The van der Waals surface area contributed by atoms with Crippen molar-refractivity contribution >= 4 is 40.8 Å². The number of anilines is 4. The van der Waals surface area contributed by atoms with Gasteiger partial charge in [0.2, 0.25) is 11.7 Å². The molecule has 1 aliphatic heterocycles. The fraction of sp³-hybridized carbons (Fsp3) is 0.417. The van der Waals surface area contributed by atoms with Crippen LogP contribution in [0.15, 0.2) is 40.4 Å². The van der Waals surface area contributed by atoms with E-state index in [2.05, 4.69) is 25.7 Å². The van der Waals surface area contributed by atoms with E-state index in [-0.39, 0.29) is 11.8 Å². The lowest BCUT2D eigenvalue weighted by Crippen LogP contribution is -2.31.